The van der Waals surface area contributed by atoms with Crippen molar-refractivity contribution in [2.75, 3.05) is 39.6 Å². The molecule has 0 saturated heterocycles. The van der Waals surface area contributed by atoms with Crippen molar-refractivity contribution in [3.05, 3.63) is 12.4 Å². The normalized spacial score (nSPS) is 14.6. The number of rotatable bonds is 11. The molecule has 0 saturated carbocycles. The van der Waals surface area contributed by atoms with Crippen LogP contribution in [0.4, 0.5) is 0 Å². The number of nitrogens with zero attached hydrogens (tertiary/aromatic N) is 2. The van der Waals surface area contributed by atoms with Crippen molar-refractivity contribution in [3.8, 4) is 0 Å². The standard InChI is InChI=1S/C14H30N2O3Si.H2O4S/c1-5-15-11-12-16(14-15)10-9-13-20(17-6-2,18-7-3)19-8-4;1-5(2,3)4/h11-12H,5-10,13-14H2,1-4H3;(H2,1,2,3,4). The van der Waals surface area contributed by atoms with Gasteiger partial charge in [-0.2, -0.15) is 8.42 Å². The van der Waals surface area contributed by atoms with Gasteiger partial charge in [-0.3, -0.25) is 9.11 Å². The third-order valence-corrected chi connectivity index (χ3v) is 6.43. The Labute approximate surface area is 152 Å². The molecule has 2 N–H and O–H groups in total. The zero-order valence-electron chi connectivity index (χ0n) is 15.5. The van der Waals surface area contributed by atoms with Gasteiger partial charge in [-0.25, -0.2) is 0 Å². The first-order valence-corrected chi connectivity index (χ1v) is 11.8. The Hall–Kier alpha value is -0.693. The van der Waals surface area contributed by atoms with Crippen molar-refractivity contribution in [1.82, 2.24) is 9.80 Å². The van der Waals surface area contributed by atoms with Gasteiger partial charge in [0.15, 0.2) is 0 Å². The van der Waals surface area contributed by atoms with E-state index >= 15 is 0 Å². The number of hydrogen-bond acceptors (Lipinski definition) is 7. The van der Waals surface area contributed by atoms with Gasteiger partial charge in [0.25, 0.3) is 0 Å². The first-order chi connectivity index (χ1) is 11.7. The largest absolute Gasteiger partial charge is 0.500 e. The lowest BCUT2D eigenvalue weighted by Gasteiger charge is -2.29. The van der Waals surface area contributed by atoms with Crippen LogP contribution in [0.2, 0.25) is 6.04 Å². The summed E-state index contributed by atoms with van der Waals surface area (Å²) in [5.74, 6) is 0. The molecule has 1 heterocycles. The minimum absolute atomic E-state index is 0.652. The van der Waals surface area contributed by atoms with Crippen LogP contribution >= 0.6 is 0 Å². The molecule has 0 aromatic rings. The second-order valence-corrected chi connectivity index (χ2v) is 8.82. The Kier molecular flexibility index (Phi) is 12.3. The molecule has 0 radical (unpaired) electrons. The van der Waals surface area contributed by atoms with E-state index in [1.807, 2.05) is 20.8 Å². The highest BCUT2D eigenvalue weighted by molar-refractivity contribution is 7.79. The van der Waals surface area contributed by atoms with Crippen LogP contribution in [0.15, 0.2) is 12.4 Å². The van der Waals surface area contributed by atoms with Gasteiger partial charge < -0.3 is 23.1 Å². The van der Waals surface area contributed by atoms with Crippen LogP contribution in [-0.2, 0) is 23.7 Å². The molecule has 1 aliphatic rings. The smallest absolute Gasteiger partial charge is 0.374 e. The Morgan fingerprint density at radius 3 is 1.76 bits per heavy atom. The van der Waals surface area contributed by atoms with Crippen LogP contribution in [0.1, 0.15) is 34.1 Å². The molecule has 1 rings (SSSR count). The Morgan fingerprint density at radius 2 is 1.40 bits per heavy atom. The van der Waals surface area contributed by atoms with E-state index in [0.717, 1.165) is 32.2 Å². The van der Waals surface area contributed by atoms with Crippen LogP contribution in [0.3, 0.4) is 0 Å². The maximum absolute atomic E-state index is 8.74. The molecule has 1 aliphatic heterocycles. The Bertz CT molecular complexity index is 451. The van der Waals surface area contributed by atoms with Crippen molar-refractivity contribution < 1.29 is 30.8 Å². The summed E-state index contributed by atoms with van der Waals surface area (Å²) in [6.07, 6.45) is 5.35. The fraction of sp³-hybridized carbons (Fsp3) is 0.857. The molecule has 0 aromatic carbocycles. The average molecular weight is 401 g/mol. The van der Waals surface area contributed by atoms with Crippen LogP contribution < -0.4 is 0 Å². The predicted octanol–water partition coefficient (Wildman–Crippen LogP) is 1.84. The molecule has 0 aliphatic carbocycles. The first-order valence-electron chi connectivity index (χ1n) is 8.47. The van der Waals surface area contributed by atoms with E-state index in [4.69, 9.17) is 30.8 Å². The molecular weight excluding hydrogens is 368 g/mol. The van der Waals surface area contributed by atoms with E-state index in [-0.39, 0.29) is 0 Å². The first kappa shape index (κ1) is 24.3. The molecular formula is C14H32N2O7SSi. The molecule has 11 heteroatoms. The van der Waals surface area contributed by atoms with Crippen LogP contribution in [0.25, 0.3) is 0 Å². The topological polar surface area (TPSA) is 109 Å². The monoisotopic (exact) mass is 400 g/mol. The lowest BCUT2D eigenvalue weighted by Crippen LogP contribution is -2.46. The summed E-state index contributed by atoms with van der Waals surface area (Å²) < 4.78 is 49.2. The lowest BCUT2D eigenvalue weighted by atomic mass is 10.4. The summed E-state index contributed by atoms with van der Waals surface area (Å²) >= 11 is 0. The van der Waals surface area contributed by atoms with Crippen molar-refractivity contribution in [1.29, 1.82) is 0 Å². The SMILES string of the molecule is CCO[Si](CCCN1C=CN(CC)C1)(OCC)OCC.O=S(=O)(O)O. The molecule has 0 atom stereocenters. The summed E-state index contributed by atoms with van der Waals surface area (Å²) in [6.45, 7) is 13.2. The highest BCUT2D eigenvalue weighted by Gasteiger charge is 2.39. The highest BCUT2D eigenvalue weighted by atomic mass is 32.3. The van der Waals surface area contributed by atoms with E-state index in [1.165, 1.54) is 0 Å². The molecule has 150 valence electrons. The summed E-state index contributed by atoms with van der Waals surface area (Å²) in [5.41, 5.74) is 0. The van der Waals surface area contributed by atoms with Crippen molar-refractivity contribution in [3.63, 3.8) is 0 Å². The molecule has 0 aromatic heterocycles. The second-order valence-electron chi connectivity index (χ2n) is 5.19. The quantitative estimate of drug-likeness (QED) is 0.396. The number of hydrogen-bond donors (Lipinski definition) is 2. The fourth-order valence-electron chi connectivity index (χ4n) is 2.37. The van der Waals surface area contributed by atoms with Crippen molar-refractivity contribution in [2.45, 2.75) is 40.2 Å². The summed E-state index contributed by atoms with van der Waals surface area (Å²) in [5, 5.41) is 0. The van der Waals surface area contributed by atoms with E-state index in [2.05, 4.69) is 29.1 Å². The van der Waals surface area contributed by atoms with E-state index in [1.54, 1.807) is 0 Å². The third kappa shape index (κ3) is 12.3. The summed E-state index contributed by atoms with van der Waals surface area (Å²) in [7, 11) is -7.12. The van der Waals surface area contributed by atoms with Crippen LogP contribution in [0.5, 0.6) is 0 Å². The van der Waals surface area contributed by atoms with Crippen molar-refractivity contribution >= 4 is 19.2 Å². The molecule has 25 heavy (non-hydrogen) atoms. The lowest BCUT2D eigenvalue weighted by molar-refractivity contribution is 0.0701. The highest BCUT2D eigenvalue weighted by Crippen LogP contribution is 2.19. The van der Waals surface area contributed by atoms with Gasteiger partial charge in [0.2, 0.25) is 0 Å². The van der Waals surface area contributed by atoms with E-state index < -0.39 is 19.2 Å². The molecule has 0 spiro atoms. The maximum Gasteiger partial charge on any atom is 0.500 e. The minimum atomic E-state index is -4.67. The van der Waals surface area contributed by atoms with Gasteiger partial charge in [0, 0.05) is 51.4 Å². The van der Waals surface area contributed by atoms with E-state index in [0.29, 0.717) is 19.8 Å². The van der Waals surface area contributed by atoms with E-state index in [9.17, 15) is 0 Å². The van der Waals surface area contributed by atoms with Crippen LogP contribution in [0, 0.1) is 0 Å². The molecule has 0 amide bonds. The second kappa shape index (κ2) is 12.6. The fourth-order valence-corrected chi connectivity index (χ4v) is 4.96. The van der Waals surface area contributed by atoms with Gasteiger partial charge in [-0.1, -0.05) is 0 Å². The zero-order valence-corrected chi connectivity index (χ0v) is 17.4. The van der Waals surface area contributed by atoms with Gasteiger partial charge in [0.05, 0.1) is 6.67 Å². The molecule has 9 nitrogen and oxygen atoms in total. The predicted molar refractivity (Wildman–Crippen MR) is 97.3 cm³/mol. The summed E-state index contributed by atoms with van der Waals surface area (Å²) in [4.78, 5) is 4.62. The zero-order chi connectivity index (χ0) is 19.3. The molecule has 0 bridgehead atoms. The van der Waals surface area contributed by atoms with Gasteiger partial charge in [0.1, 0.15) is 0 Å². The molecule has 0 fully saturated rings. The van der Waals surface area contributed by atoms with Crippen LogP contribution in [-0.4, -0.2) is 75.7 Å². The van der Waals surface area contributed by atoms with Gasteiger partial charge in [-0.05, 0) is 34.1 Å². The van der Waals surface area contributed by atoms with Gasteiger partial charge >= 0.3 is 19.2 Å². The van der Waals surface area contributed by atoms with Crippen molar-refractivity contribution in [2.24, 2.45) is 0 Å². The Morgan fingerprint density at radius 1 is 0.960 bits per heavy atom. The Balaban J connectivity index is 0.00000101. The summed E-state index contributed by atoms with van der Waals surface area (Å²) in [6, 6.07) is 0.888. The minimum Gasteiger partial charge on any atom is -0.374 e. The molecule has 0 unspecified atom stereocenters. The average Bonchev–Trinajstić information content (AvgIpc) is 2.94. The third-order valence-electron chi connectivity index (χ3n) is 3.28. The van der Waals surface area contributed by atoms with Gasteiger partial charge in [-0.15, -0.1) is 0 Å². The maximum atomic E-state index is 8.74.